The van der Waals surface area contributed by atoms with Gasteiger partial charge in [-0.3, -0.25) is 4.79 Å². The van der Waals surface area contributed by atoms with Crippen molar-refractivity contribution in [3.05, 3.63) is 35.4 Å². The Hall–Kier alpha value is -1.31. The van der Waals surface area contributed by atoms with Gasteiger partial charge in [0.15, 0.2) is 0 Å². The highest BCUT2D eigenvalue weighted by atomic mass is 16.2. The maximum atomic E-state index is 11.7. The van der Waals surface area contributed by atoms with E-state index in [1.807, 2.05) is 44.9 Å². The van der Waals surface area contributed by atoms with E-state index in [0.717, 1.165) is 13.0 Å². The summed E-state index contributed by atoms with van der Waals surface area (Å²) in [6, 6.07) is 8.31. The second-order valence-electron chi connectivity index (χ2n) is 4.07. The minimum absolute atomic E-state index is 0.114. The summed E-state index contributed by atoms with van der Waals surface area (Å²) >= 11 is 0. The third kappa shape index (κ3) is 2.63. The van der Waals surface area contributed by atoms with Gasteiger partial charge in [0.1, 0.15) is 0 Å². The lowest BCUT2D eigenvalue weighted by Crippen LogP contribution is -2.29. The lowest BCUT2D eigenvalue weighted by Gasteiger charge is -2.16. The van der Waals surface area contributed by atoms with Crippen LogP contribution < -0.4 is 0 Å². The van der Waals surface area contributed by atoms with Crippen LogP contribution in [-0.2, 0) is 17.8 Å². The molecule has 2 heteroatoms. The van der Waals surface area contributed by atoms with Crippen LogP contribution in [0, 0.1) is 5.92 Å². The van der Waals surface area contributed by atoms with Crippen molar-refractivity contribution >= 4 is 5.91 Å². The Morgan fingerprint density at radius 1 is 1.19 bits per heavy atom. The molecule has 0 spiro atoms. The lowest BCUT2D eigenvalue weighted by atomic mass is 9.99. The van der Waals surface area contributed by atoms with Gasteiger partial charge in [-0.2, -0.15) is 0 Å². The molecule has 1 aliphatic heterocycles. The van der Waals surface area contributed by atoms with Gasteiger partial charge >= 0.3 is 0 Å². The van der Waals surface area contributed by atoms with Crippen molar-refractivity contribution in [3.8, 4) is 0 Å². The Bertz CT molecular complexity index is 327. The number of nitrogens with zero attached hydrogens (tertiary/aromatic N) is 1. The van der Waals surface area contributed by atoms with E-state index in [1.54, 1.807) is 0 Å². The molecule has 0 aromatic heterocycles. The molecule has 0 radical (unpaired) electrons. The fourth-order valence-corrected chi connectivity index (χ4v) is 2.04. The third-order valence-electron chi connectivity index (χ3n) is 2.85. The summed E-state index contributed by atoms with van der Waals surface area (Å²) in [7, 11) is 1.88. The third-order valence-corrected chi connectivity index (χ3v) is 2.85. The zero-order valence-corrected chi connectivity index (χ0v) is 10.7. The van der Waals surface area contributed by atoms with Gasteiger partial charge in [0, 0.05) is 19.5 Å². The first-order chi connectivity index (χ1) is 7.68. The number of carbonyl (C=O) groups excluding carboxylic acids is 1. The standard InChI is InChI=1S/C12H15NO.C2H6/c1-9-7-10-5-3-4-6-11(10)8-13(2)12(9)14;1-2/h3-6,9H,7-8H2,1-2H3;1-2H3. The van der Waals surface area contributed by atoms with Gasteiger partial charge in [0.2, 0.25) is 5.91 Å². The smallest absolute Gasteiger partial charge is 0.225 e. The zero-order chi connectivity index (χ0) is 12.1. The van der Waals surface area contributed by atoms with Crippen molar-refractivity contribution in [2.24, 2.45) is 5.92 Å². The van der Waals surface area contributed by atoms with E-state index in [0.29, 0.717) is 0 Å². The SMILES string of the molecule is CC.CC1Cc2ccccc2CN(C)C1=O. The fourth-order valence-electron chi connectivity index (χ4n) is 2.04. The van der Waals surface area contributed by atoms with Crippen LogP contribution in [-0.4, -0.2) is 17.9 Å². The Balaban J connectivity index is 0.000000606. The van der Waals surface area contributed by atoms with E-state index in [4.69, 9.17) is 0 Å². The van der Waals surface area contributed by atoms with Crippen molar-refractivity contribution in [3.63, 3.8) is 0 Å². The van der Waals surface area contributed by atoms with Crippen LogP contribution in [0.2, 0.25) is 0 Å². The highest BCUT2D eigenvalue weighted by molar-refractivity contribution is 5.79. The number of rotatable bonds is 0. The van der Waals surface area contributed by atoms with Crippen molar-refractivity contribution in [1.29, 1.82) is 0 Å². The van der Waals surface area contributed by atoms with Crippen molar-refractivity contribution in [2.45, 2.75) is 33.7 Å². The normalized spacial score (nSPS) is 19.4. The Kier molecular flexibility index (Phi) is 4.53. The summed E-state index contributed by atoms with van der Waals surface area (Å²) in [5.74, 6) is 0.366. The lowest BCUT2D eigenvalue weighted by molar-refractivity contribution is -0.133. The predicted octanol–water partition coefficient (Wildman–Crippen LogP) is 2.86. The molecule has 0 N–H and O–H groups in total. The van der Waals surface area contributed by atoms with E-state index < -0.39 is 0 Å². The summed E-state index contributed by atoms with van der Waals surface area (Å²) in [5.41, 5.74) is 2.60. The molecule has 1 unspecified atom stereocenters. The van der Waals surface area contributed by atoms with Crippen molar-refractivity contribution < 1.29 is 4.79 Å². The van der Waals surface area contributed by atoms with E-state index >= 15 is 0 Å². The van der Waals surface area contributed by atoms with Gasteiger partial charge in [-0.05, 0) is 17.5 Å². The minimum atomic E-state index is 0.114. The van der Waals surface area contributed by atoms with Gasteiger partial charge in [-0.15, -0.1) is 0 Å². The molecule has 1 heterocycles. The summed E-state index contributed by atoms with van der Waals surface area (Å²) in [6.07, 6.45) is 0.874. The van der Waals surface area contributed by atoms with Gasteiger partial charge < -0.3 is 4.90 Å². The van der Waals surface area contributed by atoms with E-state index in [9.17, 15) is 4.79 Å². The largest absolute Gasteiger partial charge is 0.341 e. The van der Waals surface area contributed by atoms with Crippen LogP contribution in [0.1, 0.15) is 31.9 Å². The zero-order valence-electron chi connectivity index (χ0n) is 10.7. The number of hydrogen-bond donors (Lipinski definition) is 0. The number of fused-ring (bicyclic) bond motifs is 1. The molecule has 1 atom stereocenters. The van der Waals surface area contributed by atoms with Gasteiger partial charge in [0.25, 0.3) is 0 Å². The second kappa shape index (κ2) is 5.69. The maximum absolute atomic E-state index is 11.7. The first kappa shape index (κ1) is 12.8. The number of carbonyl (C=O) groups is 1. The molecule has 2 nitrogen and oxygen atoms in total. The average Bonchev–Trinajstić information content (AvgIpc) is 2.42. The van der Waals surface area contributed by atoms with Gasteiger partial charge in [-0.25, -0.2) is 0 Å². The molecular weight excluding hydrogens is 198 g/mol. The molecule has 16 heavy (non-hydrogen) atoms. The summed E-state index contributed by atoms with van der Waals surface area (Å²) in [5, 5.41) is 0. The molecular formula is C14H21NO. The van der Waals surface area contributed by atoms with Crippen LogP contribution in [0.15, 0.2) is 24.3 Å². The summed E-state index contributed by atoms with van der Waals surface area (Å²) in [4.78, 5) is 13.6. The predicted molar refractivity (Wildman–Crippen MR) is 67.1 cm³/mol. The molecule has 0 saturated heterocycles. The molecule has 0 saturated carbocycles. The van der Waals surface area contributed by atoms with E-state index in [-0.39, 0.29) is 11.8 Å². The second-order valence-corrected chi connectivity index (χ2v) is 4.07. The highest BCUT2D eigenvalue weighted by Gasteiger charge is 2.23. The molecule has 88 valence electrons. The van der Waals surface area contributed by atoms with Gasteiger partial charge in [0.05, 0.1) is 0 Å². The molecule has 0 fully saturated rings. The molecule has 2 rings (SSSR count). The first-order valence-electron chi connectivity index (χ1n) is 6.00. The number of benzene rings is 1. The topological polar surface area (TPSA) is 20.3 Å². The van der Waals surface area contributed by atoms with Crippen LogP contribution in [0.5, 0.6) is 0 Å². The maximum Gasteiger partial charge on any atom is 0.225 e. The Labute approximate surface area is 98.3 Å². The first-order valence-corrected chi connectivity index (χ1v) is 6.00. The summed E-state index contributed by atoms with van der Waals surface area (Å²) < 4.78 is 0. The van der Waals surface area contributed by atoms with Gasteiger partial charge in [-0.1, -0.05) is 45.0 Å². The molecule has 0 bridgehead atoms. The Morgan fingerprint density at radius 2 is 1.75 bits per heavy atom. The van der Waals surface area contributed by atoms with Crippen LogP contribution in [0.3, 0.4) is 0 Å². The van der Waals surface area contributed by atoms with Crippen LogP contribution in [0.4, 0.5) is 0 Å². The molecule has 1 aliphatic rings. The van der Waals surface area contributed by atoms with Crippen molar-refractivity contribution in [2.75, 3.05) is 7.05 Å². The van der Waals surface area contributed by atoms with E-state index in [2.05, 4.69) is 12.1 Å². The average molecular weight is 219 g/mol. The fraction of sp³-hybridized carbons (Fsp3) is 0.500. The minimum Gasteiger partial charge on any atom is -0.341 e. The number of hydrogen-bond acceptors (Lipinski definition) is 1. The monoisotopic (exact) mass is 219 g/mol. The molecule has 0 aliphatic carbocycles. The highest BCUT2D eigenvalue weighted by Crippen LogP contribution is 2.21. The Morgan fingerprint density at radius 3 is 2.38 bits per heavy atom. The molecule has 1 aromatic rings. The van der Waals surface area contributed by atoms with Crippen LogP contribution >= 0.6 is 0 Å². The summed E-state index contributed by atoms with van der Waals surface area (Å²) in [6.45, 7) is 6.75. The quantitative estimate of drug-likeness (QED) is 0.657. The van der Waals surface area contributed by atoms with Crippen LogP contribution in [0.25, 0.3) is 0 Å². The van der Waals surface area contributed by atoms with E-state index in [1.165, 1.54) is 11.1 Å². The van der Waals surface area contributed by atoms with Crippen molar-refractivity contribution in [1.82, 2.24) is 4.90 Å². The number of amides is 1. The molecule has 1 aromatic carbocycles. The molecule has 1 amide bonds.